The molecule has 0 saturated heterocycles. The highest BCUT2D eigenvalue weighted by molar-refractivity contribution is 7.92. The molecule has 0 aromatic heterocycles. The van der Waals surface area contributed by atoms with Crippen molar-refractivity contribution >= 4 is 25.7 Å². The van der Waals surface area contributed by atoms with E-state index >= 15 is 0 Å². The number of hydrogen-bond donors (Lipinski definition) is 1. The highest BCUT2D eigenvalue weighted by Gasteiger charge is 2.24. The average Bonchev–Trinajstić information content (AvgIpc) is 2.63. The fraction of sp³-hybridized carbons (Fsp3) is 0.294. The Labute approximate surface area is 154 Å². The van der Waals surface area contributed by atoms with Crippen LogP contribution in [0.1, 0.15) is 13.8 Å². The van der Waals surface area contributed by atoms with Crippen LogP contribution in [0.25, 0.3) is 0 Å². The number of benzene rings is 2. The molecule has 0 aliphatic heterocycles. The third-order valence-corrected chi connectivity index (χ3v) is 7.24. The molecule has 0 unspecified atom stereocenters. The van der Waals surface area contributed by atoms with Crippen LogP contribution in [0, 0.1) is 0 Å². The molecule has 0 spiro atoms. The first-order valence-corrected chi connectivity index (χ1v) is 10.9. The van der Waals surface area contributed by atoms with Crippen molar-refractivity contribution in [2.24, 2.45) is 0 Å². The van der Waals surface area contributed by atoms with Gasteiger partial charge in [-0.05, 0) is 30.3 Å². The summed E-state index contributed by atoms with van der Waals surface area (Å²) in [6.45, 7) is 4.11. The number of methoxy groups -OCH3 is 1. The average molecular weight is 399 g/mol. The van der Waals surface area contributed by atoms with Gasteiger partial charge in [0, 0.05) is 13.1 Å². The van der Waals surface area contributed by atoms with Gasteiger partial charge < -0.3 is 4.74 Å². The maximum absolute atomic E-state index is 12.7. The van der Waals surface area contributed by atoms with Crippen LogP contribution in [-0.4, -0.2) is 41.3 Å². The number of hydrogen-bond acceptors (Lipinski definition) is 5. The van der Waals surface area contributed by atoms with E-state index in [1.165, 1.54) is 41.7 Å². The minimum absolute atomic E-state index is 0.00670. The van der Waals surface area contributed by atoms with Gasteiger partial charge >= 0.3 is 0 Å². The zero-order chi connectivity index (χ0) is 19.4. The molecule has 0 atom stereocenters. The number of nitrogens with zero attached hydrogens (tertiary/aromatic N) is 1. The Morgan fingerprint density at radius 1 is 0.923 bits per heavy atom. The van der Waals surface area contributed by atoms with Crippen molar-refractivity contribution in [3.8, 4) is 5.75 Å². The summed E-state index contributed by atoms with van der Waals surface area (Å²) < 4.78 is 59.4. The lowest BCUT2D eigenvalue weighted by atomic mass is 10.3. The summed E-state index contributed by atoms with van der Waals surface area (Å²) in [6.07, 6.45) is 0. The topological polar surface area (TPSA) is 92.8 Å². The van der Waals surface area contributed by atoms with Gasteiger partial charge in [0.1, 0.15) is 5.75 Å². The van der Waals surface area contributed by atoms with Crippen LogP contribution in [0.4, 0.5) is 5.69 Å². The van der Waals surface area contributed by atoms with Crippen LogP contribution in [0.2, 0.25) is 0 Å². The Bertz CT molecular complexity index is 954. The Morgan fingerprint density at radius 3 is 2.08 bits per heavy atom. The molecule has 0 aliphatic carbocycles. The molecule has 0 bridgehead atoms. The molecule has 9 heteroatoms. The Morgan fingerprint density at radius 2 is 1.54 bits per heavy atom. The van der Waals surface area contributed by atoms with Crippen molar-refractivity contribution in [2.75, 3.05) is 24.9 Å². The number of rotatable bonds is 8. The summed E-state index contributed by atoms with van der Waals surface area (Å²) in [5, 5.41) is 0. The largest absolute Gasteiger partial charge is 0.495 e. The molecule has 1 N–H and O–H groups in total. The second-order valence-electron chi connectivity index (χ2n) is 5.37. The fourth-order valence-corrected chi connectivity index (χ4v) is 5.01. The molecule has 2 aromatic carbocycles. The van der Waals surface area contributed by atoms with Gasteiger partial charge in [0.25, 0.3) is 10.0 Å². The van der Waals surface area contributed by atoms with Crippen molar-refractivity contribution in [3.05, 3.63) is 48.5 Å². The van der Waals surface area contributed by atoms with E-state index in [-0.39, 0.29) is 21.2 Å². The standard InChI is InChI=1S/C17H22N2O5S2/c1-4-19(5-2)26(22,23)15-11-12-17(24-3)16(13-15)18-25(20,21)14-9-7-6-8-10-14/h6-13,18H,4-5H2,1-3H3. The molecule has 0 radical (unpaired) electrons. The van der Waals surface area contributed by atoms with Crippen LogP contribution in [0.15, 0.2) is 58.3 Å². The zero-order valence-corrected chi connectivity index (χ0v) is 16.5. The zero-order valence-electron chi connectivity index (χ0n) is 14.8. The first kappa shape index (κ1) is 20.2. The van der Waals surface area contributed by atoms with E-state index in [0.29, 0.717) is 13.1 Å². The monoisotopic (exact) mass is 398 g/mol. The molecule has 0 fully saturated rings. The van der Waals surface area contributed by atoms with Crippen molar-refractivity contribution in [2.45, 2.75) is 23.6 Å². The molecule has 142 valence electrons. The van der Waals surface area contributed by atoms with Crippen molar-refractivity contribution in [1.29, 1.82) is 0 Å². The van der Waals surface area contributed by atoms with Crippen LogP contribution in [0.5, 0.6) is 5.75 Å². The third-order valence-electron chi connectivity index (χ3n) is 3.81. The van der Waals surface area contributed by atoms with Gasteiger partial charge in [-0.25, -0.2) is 16.8 Å². The van der Waals surface area contributed by atoms with E-state index in [2.05, 4.69) is 4.72 Å². The summed E-state index contributed by atoms with van der Waals surface area (Å²) in [5.41, 5.74) is 0.0598. The minimum atomic E-state index is -3.88. The number of ether oxygens (including phenoxy) is 1. The lowest BCUT2D eigenvalue weighted by Gasteiger charge is -2.20. The van der Waals surface area contributed by atoms with Gasteiger partial charge in [0.2, 0.25) is 10.0 Å². The van der Waals surface area contributed by atoms with Crippen molar-refractivity contribution < 1.29 is 21.6 Å². The molecule has 0 aliphatic rings. The number of sulfonamides is 2. The van der Waals surface area contributed by atoms with Crippen LogP contribution in [-0.2, 0) is 20.0 Å². The fourth-order valence-electron chi connectivity index (χ4n) is 2.44. The molecule has 2 aromatic rings. The van der Waals surface area contributed by atoms with Crippen LogP contribution < -0.4 is 9.46 Å². The van der Waals surface area contributed by atoms with E-state index in [4.69, 9.17) is 4.74 Å². The summed E-state index contributed by atoms with van der Waals surface area (Å²) in [4.78, 5) is 0.0619. The van der Waals surface area contributed by atoms with Gasteiger partial charge in [-0.3, -0.25) is 4.72 Å². The van der Waals surface area contributed by atoms with Gasteiger partial charge in [-0.1, -0.05) is 32.0 Å². The summed E-state index contributed by atoms with van der Waals surface area (Å²) in [5.74, 6) is 0.225. The van der Waals surface area contributed by atoms with E-state index in [0.717, 1.165) is 0 Å². The highest BCUT2D eigenvalue weighted by atomic mass is 32.2. The van der Waals surface area contributed by atoms with Crippen molar-refractivity contribution in [1.82, 2.24) is 4.31 Å². The first-order chi connectivity index (χ1) is 12.3. The van der Waals surface area contributed by atoms with E-state index < -0.39 is 20.0 Å². The lowest BCUT2D eigenvalue weighted by molar-refractivity contribution is 0.416. The maximum atomic E-state index is 12.7. The number of anilines is 1. The Kier molecular flexibility index (Phi) is 6.27. The molecule has 7 nitrogen and oxygen atoms in total. The second-order valence-corrected chi connectivity index (χ2v) is 8.99. The van der Waals surface area contributed by atoms with E-state index in [1.807, 2.05) is 0 Å². The molecule has 26 heavy (non-hydrogen) atoms. The number of nitrogens with one attached hydrogen (secondary N) is 1. The van der Waals surface area contributed by atoms with Gasteiger partial charge in [0.05, 0.1) is 22.6 Å². The smallest absolute Gasteiger partial charge is 0.262 e. The summed E-state index contributed by atoms with van der Waals surface area (Å²) >= 11 is 0. The molecule has 0 amide bonds. The van der Waals surface area contributed by atoms with Crippen LogP contribution >= 0.6 is 0 Å². The lowest BCUT2D eigenvalue weighted by Crippen LogP contribution is -2.30. The Hall–Kier alpha value is -2.10. The SMILES string of the molecule is CCN(CC)S(=O)(=O)c1ccc(OC)c(NS(=O)(=O)c2ccccc2)c1. The van der Waals surface area contributed by atoms with Gasteiger partial charge in [0.15, 0.2) is 0 Å². The predicted octanol–water partition coefficient (Wildman–Crippen LogP) is 2.53. The quantitative estimate of drug-likeness (QED) is 0.738. The van der Waals surface area contributed by atoms with Crippen molar-refractivity contribution in [3.63, 3.8) is 0 Å². The van der Waals surface area contributed by atoms with E-state index in [9.17, 15) is 16.8 Å². The maximum Gasteiger partial charge on any atom is 0.262 e. The normalized spacial score (nSPS) is 12.2. The predicted molar refractivity (Wildman–Crippen MR) is 100 cm³/mol. The Balaban J connectivity index is 2.49. The molecular weight excluding hydrogens is 376 g/mol. The molecule has 2 rings (SSSR count). The first-order valence-electron chi connectivity index (χ1n) is 8.02. The van der Waals surface area contributed by atoms with Gasteiger partial charge in [-0.15, -0.1) is 0 Å². The highest BCUT2D eigenvalue weighted by Crippen LogP contribution is 2.30. The van der Waals surface area contributed by atoms with Crippen LogP contribution in [0.3, 0.4) is 0 Å². The van der Waals surface area contributed by atoms with E-state index in [1.54, 1.807) is 32.0 Å². The minimum Gasteiger partial charge on any atom is -0.495 e. The molecular formula is C17H22N2O5S2. The second kappa shape index (κ2) is 8.07. The third kappa shape index (κ3) is 4.17. The van der Waals surface area contributed by atoms with Gasteiger partial charge in [-0.2, -0.15) is 4.31 Å². The molecule has 0 heterocycles. The molecule has 0 saturated carbocycles. The summed E-state index contributed by atoms with van der Waals surface area (Å²) in [7, 11) is -6.22. The summed E-state index contributed by atoms with van der Waals surface area (Å²) in [6, 6.07) is 11.9.